The van der Waals surface area contributed by atoms with Gasteiger partial charge in [-0.2, -0.15) is 0 Å². The monoisotopic (exact) mass is 344 g/mol. The highest BCUT2D eigenvalue weighted by Crippen LogP contribution is 2.40. The third-order valence-corrected chi connectivity index (χ3v) is 4.22. The molecule has 0 saturated carbocycles. The first kappa shape index (κ1) is 16.2. The molecular weight excluding hydrogens is 328 g/mol. The summed E-state index contributed by atoms with van der Waals surface area (Å²) in [4.78, 5) is 14.5. The van der Waals surface area contributed by atoms with Gasteiger partial charge in [-0.1, -0.05) is 29.8 Å². The van der Waals surface area contributed by atoms with E-state index in [-0.39, 0.29) is 22.4 Å². The second-order valence-electron chi connectivity index (χ2n) is 5.39. The first-order valence-electron chi connectivity index (χ1n) is 7.40. The van der Waals surface area contributed by atoms with E-state index in [2.05, 4.69) is 11.9 Å². The van der Waals surface area contributed by atoms with E-state index in [4.69, 9.17) is 16.3 Å². The number of anilines is 1. The molecule has 0 fully saturated rings. The molecule has 0 radical (unpaired) electrons. The van der Waals surface area contributed by atoms with Crippen LogP contribution in [0.4, 0.5) is 5.69 Å². The highest BCUT2D eigenvalue weighted by Gasteiger charge is 2.32. The summed E-state index contributed by atoms with van der Waals surface area (Å²) in [6.45, 7) is 4.09. The fourth-order valence-electron chi connectivity index (χ4n) is 2.79. The molecule has 24 heavy (non-hydrogen) atoms. The standard InChI is InChI=1S/C18H17ClN2O3/c1-3-8-21-17(11-9-13(19)16(22)15(10-11)24-2)20-14-7-5-4-6-12(14)18(21)23/h3-7,9-10,17,20,22H,1,8H2,2H3. The maximum Gasteiger partial charge on any atom is 0.258 e. The first-order valence-corrected chi connectivity index (χ1v) is 7.78. The number of ether oxygens (including phenoxy) is 1. The Hall–Kier alpha value is -2.66. The maximum atomic E-state index is 12.8. The molecule has 2 N–H and O–H groups in total. The minimum Gasteiger partial charge on any atom is -0.503 e. The van der Waals surface area contributed by atoms with Crippen molar-refractivity contribution in [3.05, 3.63) is 65.2 Å². The molecular formula is C18H17ClN2O3. The van der Waals surface area contributed by atoms with Gasteiger partial charge < -0.3 is 20.1 Å². The summed E-state index contributed by atoms with van der Waals surface area (Å²) >= 11 is 6.10. The number of hydrogen-bond acceptors (Lipinski definition) is 4. The lowest BCUT2D eigenvalue weighted by Crippen LogP contribution is -2.43. The van der Waals surface area contributed by atoms with Crippen LogP contribution in [0.25, 0.3) is 0 Å². The van der Waals surface area contributed by atoms with Gasteiger partial charge in [-0.3, -0.25) is 4.79 Å². The quantitative estimate of drug-likeness (QED) is 0.828. The number of phenolic OH excluding ortho intramolecular Hbond substituents is 1. The highest BCUT2D eigenvalue weighted by molar-refractivity contribution is 6.32. The third-order valence-electron chi connectivity index (χ3n) is 3.93. The van der Waals surface area contributed by atoms with Gasteiger partial charge >= 0.3 is 0 Å². The Morgan fingerprint density at radius 2 is 2.17 bits per heavy atom. The maximum absolute atomic E-state index is 12.8. The van der Waals surface area contributed by atoms with Gasteiger partial charge in [-0.05, 0) is 24.3 Å². The molecule has 1 heterocycles. The summed E-state index contributed by atoms with van der Waals surface area (Å²) in [5, 5.41) is 13.4. The summed E-state index contributed by atoms with van der Waals surface area (Å²) in [6, 6.07) is 10.6. The van der Waals surface area contributed by atoms with Crippen LogP contribution in [0.1, 0.15) is 22.1 Å². The topological polar surface area (TPSA) is 61.8 Å². The second kappa shape index (κ2) is 6.45. The van der Waals surface area contributed by atoms with Crippen LogP contribution < -0.4 is 10.1 Å². The number of nitrogens with one attached hydrogen (secondary N) is 1. The predicted molar refractivity (Wildman–Crippen MR) is 93.7 cm³/mol. The van der Waals surface area contributed by atoms with Crippen molar-refractivity contribution in [1.82, 2.24) is 4.90 Å². The Bertz CT molecular complexity index is 807. The molecule has 0 bridgehead atoms. The zero-order valence-electron chi connectivity index (χ0n) is 13.1. The minimum absolute atomic E-state index is 0.0996. The van der Waals surface area contributed by atoms with E-state index in [0.29, 0.717) is 17.7 Å². The average Bonchev–Trinajstić information content (AvgIpc) is 2.59. The molecule has 1 aliphatic heterocycles. The van der Waals surface area contributed by atoms with Crippen LogP contribution in [0, 0.1) is 0 Å². The van der Waals surface area contributed by atoms with Gasteiger partial charge in [0.15, 0.2) is 11.5 Å². The molecule has 0 aromatic heterocycles. The highest BCUT2D eigenvalue weighted by atomic mass is 35.5. The van der Waals surface area contributed by atoms with Gasteiger partial charge in [0.2, 0.25) is 0 Å². The number of methoxy groups -OCH3 is 1. The second-order valence-corrected chi connectivity index (χ2v) is 5.80. The number of amides is 1. The zero-order valence-corrected chi connectivity index (χ0v) is 13.9. The van der Waals surface area contributed by atoms with Gasteiger partial charge in [-0.15, -0.1) is 6.58 Å². The van der Waals surface area contributed by atoms with Crippen molar-refractivity contribution >= 4 is 23.2 Å². The molecule has 0 aliphatic carbocycles. The van der Waals surface area contributed by atoms with Gasteiger partial charge in [0.05, 0.1) is 17.7 Å². The average molecular weight is 345 g/mol. The molecule has 124 valence electrons. The smallest absolute Gasteiger partial charge is 0.258 e. The molecule has 6 heteroatoms. The largest absolute Gasteiger partial charge is 0.503 e. The number of fused-ring (bicyclic) bond motifs is 1. The summed E-state index contributed by atoms with van der Waals surface area (Å²) in [6.07, 6.45) is 1.22. The summed E-state index contributed by atoms with van der Waals surface area (Å²) < 4.78 is 5.16. The van der Waals surface area contributed by atoms with Crippen molar-refractivity contribution < 1.29 is 14.6 Å². The van der Waals surface area contributed by atoms with Crippen molar-refractivity contribution in [3.8, 4) is 11.5 Å². The predicted octanol–water partition coefficient (Wildman–Crippen LogP) is 3.81. The Morgan fingerprint density at radius 3 is 2.88 bits per heavy atom. The van der Waals surface area contributed by atoms with Gasteiger partial charge in [0.1, 0.15) is 6.17 Å². The molecule has 0 spiro atoms. The van der Waals surface area contributed by atoms with E-state index in [0.717, 1.165) is 5.69 Å². The van der Waals surface area contributed by atoms with Crippen molar-refractivity contribution in [2.75, 3.05) is 19.0 Å². The molecule has 3 rings (SSSR count). The van der Waals surface area contributed by atoms with Crippen LogP contribution in [-0.4, -0.2) is 29.6 Å². The molecule has 5 nitrogen and oxygen atoms in total. The number of rotatable bonds is 4. The molecule has 1 atom stereocenters. The lowest BCUT2D eigenvalue weighted by Gasteiger charge is -2.37. The summed E-state index contributed by atoms with van der Waals surface area (Å²) in [7, 11) is 1.45. The van der Waals surface area contributed by atoms with E-state index in [1.165, 1.54) is 7.11 Å². The van der Waals surface area contributed by atoms with Crippen LogP contribution >= 0.6 is 11.6 Å². The van der Waals surface area contributed by atoms with Crippen molar-refractivity contribution in [2.24, 2.45) is 0 Å². The number of hydrogen-bond donors (Lipinski definition) is 2. The number of para-hydroxylation sites is 1. The molecule has 1 amide bonds. The molecule has 2 aromatic carbocycles. The van der Waals surface area contributed by atoms with Gasteiger partial charge in [-0.25, -0.2) is 0 Å². The zero-order chi connectivity index (χ0) is 17.3. The molecule has 0 saturated heterocycles. The van der Waals surface area contributed by atoms with E-state index < -0.39 is 6.17 Å². The number of aromatic hydroxyl groups is 1. The fraction of sp³-hybridized carbons (Fsp3) is 0.167. The van der Waals surface area contributed by atoms with Gasteiger partial charge in [0.25, 0.3) is 5.91 Å². The Labute approximate surface area is 145 Å². The minimum atomic E-state index is -0.447. The van der Waals surface area contributed by atoms with Crippen LogP contribution in [0.2, 0.25) is 5.02 Å². The third kappa shape index (κ3) is 2.67. The SMILES string of the molecule is C=CCN1C(=O)c2ccccc2NC1c1cc(Cl)c(O)c(OC)c1. The van der Waals surface area contributed by atoms with Crippen molar-refractivity contribution in [3.63, 3.8) is 0 Å². The fourth-order valence-corrected chi connectivity index (χ4v) is 3.01. The van der Waals surface area contributed by atoms with Crippen LogP contribution in [0.3, 0.4) is 0 Å². The molecule has 2 aromatic rings. The van der Waals surface area contributed by atoms with E-state index >= 15 is 0 Å². The van der Waals surface area contributed by atoms with Crippen LogP contribution in [0.15, 0.2) is 49.1 Å². The number of carbonyl (C=O) groups is 1. The number of phenols is 1. The van der Waals surface area contributed by atoms with Crippen molar-refractivity contribution in [2.45, 2.75) is 6.17 Å². The summed E-state index contributed by atoms with van der Waals surface area (Å²) in [5.74, 6) is 0.0299. The van der Waals surface area contributed by atoms with Crippen molar-refractivity contribution in [1.29, 1.82) is 0 Å². The van der Waals surface area contributed by atoms with E-state index in [1.807, 2.05) is 18.2 Å². The Balaban J connectivity index is 2.10. The van der Waals surface area contributed by atoms with Crippen LogP contribution in [-0.2, 0) is 0 Å². The van der Waals surface area contributed by atoms with Gasteiger partial charge in [0, 0.05) is 17.8 Å². The normalized spacial score (nSPS) is 16.3. The van der Waals surface area contributed by atoms with E-state index in [9.17, 15) is 9.90 Å². The number of nitrogens with zero attached hydrogens (tertiary/aromatic N) is 1. The molecule has 1 unspecified atom stereocenters. The number of carbonyl (C=O) groups excluding carboxylic acids is 1. The van der Waals surface area contributed by atoms with E-state index in [1.54, 1.807) is 29.2 Å². The number of halogens is 1. The van der Waals surface area contributed by atoms with Crippen LogP contribution in [0.5, 0.6) is 11.5 Å². The first-order chi connectivity index (χ1) is 11.6. The summed E-state index contributed by atoms with van der Waals surface area (Å²) in [5.41, 5.74) is 2.06. The molecule has 1 aliphatic rings. The Kier molecular flexibility index (Phi) is 4.36. The number of benzene rings is 2. The lowest BCUT2D eigenvalue weighted by molar-refractivity contribution is 0.0707. The Morgan fingerprint density at radius 1 is 1.42 bits per heavy atom. The lowest BCUT2D eigenvalue weighted by atomic mass is 10.0.